The number of rotatable bonds is 8. The molecule has 148 valence electrons. The highest BCUT2D eigenvalue weighted by molar-refractivity contribution is 6.13. The zero-order valence-corrected chi connectivity index (χ0v) is 16.8. The number of hydrogen-bond donors (Lipinski definition) is 2. The van der Waals surface area contributed by atoms with Gasteiger partial charge in [0.1, 0.15) is 5.41 Å². The van der Waals surface area contributed by atoms with Crippen molar-refractivity contribution >= 4 is 23.2 Å². The van der Waals surface area contributed by atoms with Crippen molar-refractivity contribution in [3.8, 4) is 0 Å². The minimum absolute atomic E-state index is 0.229. The van der Waals surface area contributed by atoms with Gasteiger partial charge in [-0.1, -0.05) is 6.07 Å². The summed E-state index contributed by atoms with van der Waals surface area (Å²) < 4.78 is 0. The molecule has 0 spiro atoms. The summed E-state index contributed by atoms with van der Waals surface area (Å²) in [6.45, 7) is 8.40. The van der Waals surface area contributed by atoms with Gasteiger partial charge in [-0.25, -0.2) is 0 Å². The van der Waals surface area contributed by atoms with Crippen LogP contribution in [-0.2, 0) is 16.1 Å². The number of hydrogen-bond acceptors (Lipinski definition) is 4. The van der Waals surface area contributed by atoms with E-state index < -0.39 is 5.41 Å². The maximum atomic E-state index is 12.8. The number of carbonyl (C=O) groups excluding carboxylic acids is 2. The van der Waals surface area contributed by atoms with Gasteiger partial charge in [-0.15, -0.1) is 0 Å². The Bertz CT molecular complexity index is 843. The van der Waals surface area contributed by atoms with Gasteiger partial charge < -0.3 is 15.5 Å². The third-order valence-corrected chi connectivity index (χ3v) is 5.36. The Hall–Kier alpha value is -2.89. The molecule has 1 aromatic carbocycles. The van der Waals surface area contributed by atoms with Crippen LogP contribution < -0.4 is 15.5 Å². The minimum Gasteiger partial charge on any atom is -0.372 e. The van der Waals surface area contributed by atoms with E-state index in [-0.39, 0.29) is 11.8 Å². The normalized spacial score (nSPS) is 14.2. The first kappa shape index (κ1) is 19.9. The van der Waals surface area contributed by atoms with Crippen molar-refractivity contribution < 1.29 is 9.59 Å². The second-order valence-corrected chi connectivity index (χ2v) is 7.21. The summed E-state index contributed by atoms with van der Waals surface area (Å²) in [4.78, 5) is 31.9. The average Bonchev–Trinajstić information content (AvgIpc) is 3.52. The van der Waals surface area contributed by atoms with Crippen LogP contribution in [0.15, 0.2) is 42.6 Å². The Morgan fingerprint density at radius 3 is 2.43 bits per heavy atom. The zero-order valence-electron chi connectivity index (χ0n) is 16.8. The van der Waals surface area contributed by atoms with Gasteiger partial charge in [-0.05, 0) is 69.5 Å². The fraction of sp³-hybridized carbons (Fsp3) is 0.409. The number of pyridine rings is 1. The van der Waals surface area contributed by atoms with Crippen LogP contribution >= 0.6 is 0 Å². The second kappa shape index (κ2) is 8.42. The molecule has 1 aromatic heterocycles. The highest BCUT2D eigenvalue weighted by atomic mass is 16.2. The molecule has 0 unspecified atom stereocenters. The van der Waals surface area contributed by atoms with Crippen LogP contribution in [0.25, 0.3) is 0 Å². The highest BCUT2D eigenvalue weighted by Gasteiger charge is 2.56. The number of anilines is 2. The Morgan fingerprint density at radius 2 is 1.86 bits per heavy atom. The van der Waals surface area contributed by atoms with Crippen molar-refractivity contribution in [2.45, 2.75) is 40.2 Å². The van der Waals surface area contributed by atoms with E-state index in [1.54, 1.807) is 6.20 Å². The van der Waals surface area contributed by atoms with Gasteiger partial charge in [0.25, 0.3) is 0 Å². The van der Waals surface area contributed by atoms with E-state index in [0.29, 0.717) is 19.4 Å². The van der Waals surface area contributed by atoms with E-state index in [0.717, 1.165) is 35.7 Å². The van der Waals surface area contributed by atoms with E-state index in [4.69, 9.17) is 0 Å². The lowest BCUT2D eigenvalue weighted by Gasteiger charge is -2.22. The smallest absolute Gasteiger partial charge is 0.240 e. The predicted octanol–water partition coefficient (Wildman–Crippen LogP) is 3.27. The van der Waals surface area contributed by atoms with Crippen molar-refractivity contribution in [1.29, 1.82) is 0 Å². The summed E-state index contributed by atoms with van der Waals surface area (Å²) >= 11 is 0. The molecule has 2 N–H and O–H groups in total. The quantitative estimate of drug-likeness (QED) is 0.690. The maximum absolute atomic E-state index is 12.8. The summed E-state index contributed by atoms with van der Waals surface area (Å²) in [7, 11) is 0. The molecule has 0 saturated heterocycles. The number of nitrogens with one attached hydrogen (secondary N) is 2. The van der Waals surface area contributed by atoms with Crippen molar-refractivity contribution in [3.05, 3.63) is 53.9 Å². The molecule has 6 heteroatoms. The molecule has 2 amide bonds. The summed E-state index contributed by atoms with van der Waals surface area (Å²) in [6, 6.07) is 11.6. The van der Waals surface area contributed by atoms with Gasteiger partial charge in [-0.3, -0.25) is 14.6 Å². The molecule has 0 radical (unpaired) electrons. The minimum atomic E-state index is -0.960. The summed E-state index contributed by atoms with van der Waals surface area (Å²) in [5.74, 6) is -0.460. The monoisotopic (exact) mass is 380 g/mol. The molecule has 1 saturated carbocycles. The molecule has 3 rings (SSSR count). The van der Waals surface area contributed by atoms with Crippen LogP contribution in [0, 0.1) is 12.3 Å². The Labute approximate surface area is 166 Å². The van der Waals surface area contributed by atoms with Gasteiger partial charge >= 0.3 is 0 Å². The summed E-state index contributed by atoms with van der Waals surface area (Å²) in [6.07, 6.45) is 2.83. The van der Waals surface area contributed by atoms with Crippen molar-refractivity contribution in [2.75, 3.05) is 23.3 Å². The van der Waals surface area contributed by atoms with Crippen molar-refractivity contribution in [2.24, 2.45) is 5.41 Å². The third-order valence-electron chi connectivity index (χ3n) is 5.36. The number of aromatic nitrogens is 1. The molecule has 6 nitrogen and oxygen atoms in total. The first-order chi connectivity index (χ1) is 13.5. The fourth-order valence-electron chi connectivity index (χ4n) is 3.34. The van der Waals surface area contributed by atoms with Crippen LogP contribution in [0.4, 0.5) is 11.4 Å². The standard InChI is InChI=1S/C22H28N4O2/c1-4-26(5-2)18-9-10-19(16(3)14-18)25-21(28)22(11-12-22)20(27)24-15-17-8-6-7-13-23-17/h6-10,13-14H,4-5,11-12,15H2,1-3H3,(H,24,27)(H,25,28). The molecular formula is C22H28N4O2. The first-order valence-corrected chi connectivity index (χ1v) is 9.85. The fourth-order valence-corrected chi connectivity index (χ4v) is 3.34. The van der Waals surface area contributed by atoms with Gasteiger partial charge in [0.2, 0.25) is 11.8 Å². The van der Waals surface area contributed by atoms with Crippen LogP contribution in [0.1, 0.15) is 37.9 Å². The SMILES string of the molecule is CCN(CC)c1ccc(NC(=O)C2(C(=O)NCc3ccccn3)CC2)c(C)c1. The van der Waals surface area contributed by atoms with E-state index in [2.05, 4.69) is 40.4 Å². The van der Waals surface area contributed by atoms with E-state index in [9.17, 15) is 9.59 Å². The molecule has 28 heavy (non-hydrogen) atoms. The van der Waals surface area contributed by atoms with E-state index in [1.807, 2.05) is 37.3 Å². The molecule has 1 fully saturated rings. The lowest BCUT2D eigenvalue weighted by molar-refractivity contribution is -0.134. The van der Waals surface area contributed by atoms with Gasteiger partial charge in [-0.2, -0.15) is 0 Å². The van der Waals surface area contributed by atoms with Crippen molar-refractivity contribution in [3.63, 3.8) is 0 Å². The number of nitrogens with zero attached hydrogens (tertiary/aromatic N) is 2. The number of benzene rings is 1. The molecule has 1 heterocycles. The highest BCUT2D eigenvalue weighted by Crippen LogP contribution is 2.47. The number of carbonyl (C=O) groups is 2. The molecule has 0 bridgehead atoms. The molecule has 0 atom stereocenters. The second-order valence-electron chi connectivity index (χ2n) is 7.21. The number of aryl methyl sites for hydroxylation is 1. The zero-order chi connectivity index (χ0) is 20.1. The van der Waals surface area contributed by atoms with Crippen LogP contribution in [-0.4, -0.2) is 29.9 Å². The van der Waals surface area contributed by atoms with Crippen LogP contribution in [0.5, 0.6) is 0 Å². The largest absolute Gasteiger partial charge is 0.372 e. The molecular weight excluding hydrogens is 352 g/mol. The van der Waals surface area contributed by atoms with Gasteiger partial charge in [0, 0.05) is 30.7 Å². The van der Waals surface area contributed by atoms with Crippen LogP contribution in [0.2, 0.25) is 0 Å². The third kappa shape index (κ3) is 4.16. The van der Waals surface area contributed by atoms with E-state index >= 15 is 0 Å². The number of amides is 2. The van der Waals surface area contributed by atoms with Gasteiger partial charge in [0.15, 0.2) is 0 Å². The Kier molecular flexibility index (Phi) is 5.97. The lowest BCUT2D eigenvalue weighted by Crippen LogP contribution is -2.39. The summed E-state index contributed by atoms with van der Waals surface area (Å²) in [5.41, 5.74) is 2.69. The van der Waals surface area contributed by atoms with Crippen molar-refractivity contribution in [1.82, 2.24) is 10.3 Å². The molecule has 2 aromatic rings. The molecule has 0 aliphatic heterocycles. The topological polar surface area (TPSA) is 74.3 Å². The van der Waals surface area contributed by atoms with E-state index in [1.165, 1.54) is 0 Å². The van der Waals surface area contributed by atoms with Crippen LogP contribution in [0.3, 0.4) is 0 Å². The Balaban J connectivity index is 1.64. The predicted molar refractivity (Wildman–Crippen MR) is 111 cm³/mol. The average molecular weight is 380 g/mol. The Morgan fingerprint density at radius 1 is 1.11 bits per heavy atom. The first-order valence-electron chi connectivity index (χ1n) is 9.85. The lowest BCUT2D eigenvalue weighted by atomic mass is 10.0. The summed E-state index contributed by atoms with van der Waals surface area (Å²) in [5, 5.41) is 5.81. The maximum Gasteiger partial charge on any atom is 0.240 e. The molecule has 1 aliphatic rings. The molecule has 1 aliphatic carbocycles. The van der Waals surface area contributed by atoms with Gasteiger partial charge in [0.05, 0.1) is 12.2 Å².